The number of morpholine rings is 1. The summed E-state index contributed by atoms with van der Waals surface area (Å²) >= 11 is 5.55. The third-order valence-corrected chi connectivity index (χ3v) is 5.07. The van der Waals surface area contributed by atoms with Gasteiger partial charge in [0.25, 0.3) is 0 Å². The van der Waals surface area contributed by atoms with Crippen LogP contribution in [0.1, 0.15) is 26.7 Å². The number of alkyl halides is 1. The molecule has 1 N–H and O–H groups in total. The Morgan fingerprint density at radius 1 is 1.26 bits per heavy atom. The molecule has 1 aliphatic rings. The van der Waals surface area contributed by atoms with Crippen molar-refractivity contribution in [1.29, 1.82) is 0 Å². The molecule has 0 saturated carbocycles. The van der Waals surface area contributed by atoms with Gasteiger partial charge in [-0.25, -0.2) is 13.1 Å². The maximum absolute atomic E-state index is 11.8. The van der Waals surface area contributed by atoms with E-state index in [9.17, 15) is 8.42 Å². The Balaban J connectivity index is 2.40. The van der Waals surface area contributed by atoms with E-state index in [1.165, 1.54) is 0 Å². The van der Waals surface area contributed by atoms with Crippen LogP contribution in [0.3, 0.4) is 0 Å². The van der Waals surface area contributed by atoms with E-state index in [4.69, 9.17) is 16.3 Å². The molecule has 0 bridgehead atoms. The summed E-state index contributed by atoms with van der Waals surface area (Å²) in [5, 5.41) is 0. The zero-order valence-electron chi connectivity index (χ0n) is 11.8. The fourth-order valence-corrected chi connectivity index (χ4v) is 3.52. The average molecular weight is 313 g/mol. The Morgan fingerprint density at radius 3 is 2.47 bits per heavy atom. The van der Waals surface area contributed by atoms with Crippen LogP contribution >= 0.6 is 11.6 Å². The van der Waals surface area contributed by atoms with E-state index < -0.39 is 10.0 Å². The van der Waals surface area contributed by atoms with Gasteiger partial charge in [0.2, 0.25) is 10.0 Å². The molecule has 19 heavy (non-hydrogen) atoms. The van der Waals surface area contributed by atoms with Crippen LogP contribution in [-0.2, 0) is 14.8 Å². The molecule has 7 heteroatoms. The number of sulfonamides is 1. The first-order valence-electron chi connectivity index (χ1n) is 6.73. The molecule has 5 nitrogen and oxygen atoms in total. The molecule has 0 atom stereocenters. The van der Waals surface area contributed by atoms with Gasteiger partial charge in [0.05, 0.1) is 19.0 Å². The molecule has 1 fully saturated rings. The summed E-state index contributed by atoms with van der Waals surface area (Å²) in [5.41, 5.74) is -0.191. The van der Waals surface area contributed by atoms with Crippen molar-refractivity contribution in [3.05, 3.63) is 0 Å². The van der Waals surface area contributed by atoms with Crippen LogP contribution < -0.4 is 4.72 Å². The zero-order valence-corrected chi connectivity index (χ0v) is 13.4. The van der Waals surface area contributed by atoms with Gasteiger partial charge in [-0.1, -0.05) is 0 Å². The molecule has 1 heterocycles. The summed E-state index contributed by atoms with van der Waals surface area (Å²) in [6.45, 7) is 7.66. The van der Waals surface area contributed by atoms with Gasteiger partial charge >= 0.3 is 0 Å². The van der Waals surface area contributed by atoms with Crippen LogP contribution in [0.15, 0.2) is 0 Å². The topological polar surface area (TPSA) is 58.6 Å². The summed E-state index contributed by atoms with van der Waals surface area (Å²) in [7, 11) is -3.19. The van der Waals surface area contributed by atoms with Crippen LogP contribution in [0.2, 0.25) is 0 Å². The highest BCUT2D eigenvalue weighted by Crippen LogP contribution is 2.15. The highest BCUT2D eigenvalue weighted by Gasteiger charge is 2.29. The van der Waals surface area contributed by atoms with Crippen LogP contribution in [0, 0.1) is 0 Å². The molecule has 0 aromatic heterocycles. The number of halogens is 1. The first kappa shape index (κ1) is 17.2. The van der Waals surface area contributed by atoms with Crippen LogP contribution in [0.5, 0.6) is 0 Å². The number of nitrogens with one attached hydrogen (secondary N) is 1. The largest absolute Gasteiger partial charge is 0.379 e. The lowest BCUT2D eigenvalue weighted by atomic mass is 10.0. The SMILES string of the molecule is CC(C)(CNS(=O)(=O)CCCCCl)N1CCOCC1. The zero-order chi connectivity index (χ0) is 14.4. The molecule has 0 radical (unpaired) electrons. The summed E-state index contributed by atoms with van der Waals surface area (Å²) in [6.07, 6.45) is 1.34. The third kappa shape index (κ3) is 6.40. The lowest BCUT2D eigenvalue weighted by Crippen LogP contribution is -2.55. The number of rotatable bonds is 8. The summed E-state index contributed by atoms with van der Waals surface area (Å²) in [4.78, 5) is 2.26. The number of nitrogens with zero attached hydrogens (tertiary/aromatic N) is 1. The summed E-state index contributed by atoms with van der Waals surface area (Å²) in [6, 6.07) is 0. The van der Waals surface area contributed by atoms with Crippen molar-refractivity contribution < 1.29 is 13.2 Å². The second kappa shape index (κ2) is 7.78. The van der Waals surface area contributed by atoms with Gasteiger partial charge in [-0.3, -0.25) is 4.90 Å². The highest BCUT2D eigenvalue weighted by molar-refractivity contribution is 7.89. The lowest BCUT2D eigenvalue weighted by molar-refractivity contribution is -0.00803. The van der Waals surface area contributed by atoms with E-state index in [0.717, 1.165) is 19.5 Å². The minimum Gasteiger partial charge on any atom is -0.379 e. The average Bonchev–Trinajstić information content (AvgIpc) is 2.38. The first-order chi connectivity index (χ1) is 8.87. The molecule has 0 amide bonds. The van der Waals surface area contributed by atoms with Crippen LogP contribution in [0.25, 0.3) is 0 Å². The highest BCUT2D eigenvalue weighted by atomic mass is 35.5. The maximum atomic E-state index is 11.8. The lowest BCUT2D eigenvalue weighted by Gasteiger charge is -2.40. The van der Waals surface area contributed by atoms with E-state index in [1.54, 1.807) is 0 Å². The number of ether oxygens (including phenoxy) is 1. The molecule has 114 valence electrons. The van der Waals surface area contributed by atoms with Crippen molar-refractivity contribution in [3.8, 4) is 0 Å². The normalized spacial score (nSPS) is 18.7. The minimum absolute atomic E-state index is 0.152. The summed E-state index contributed by atoms with van der Waals surface area (Å²) in [5.74, 6) is 0.660. The molecule has 0 aromatic carbocycles. The van der Waals surface area contributed by atoms with Gasteiger partial charge in [-0.05, 0) is 26.7 Å². The molecule has 1 aliphatic heterocycles. The number of hydrogen-bond donors (Lipinski definition) is 1. The standard InChI is InChI=1S/C12H25ClN2O3S/c1-12(2,15-6-8-18-9-7-15)11-14-19(16,17)10-4-3-5-13/h14H,3-11H2,1-2H3. The third-order valence-electron chi connectivity index (χ3n) is 3.39. The molecule has 0 aliphatic carbocycles. The van der Waals surface area contributed by atoms with Crippen molar-refractivity contribution in [2.45, 2.75) is 32.2 Å². The van der Waals surface area contributed by atoms with Crippen molar-refractivity contribution in [1.82, 2.24) is 9.62 Å². The quantitative estimate of drug-likeness (QED) is 0.537. The Labute approximate surface area is 121 Å². The van der Waals surface area contributed by atoms with E-state index in [0.29, 0.717) is 32.1 Å². The van der Waals surface area contributed by atoms with Gasteiger partial charge in [-0.2, -0.15) is 0 Å². The fourth-order valence-electron chi connectivity index (χ4n) is 2.03. The second-order valence-electron chi connectivity index (χ2n) is 5.45. The fraction of sp³-hybridized carbons (Fsp3) is 1.00. The Kier molecular flexibility index (Phi) is 7.04. The molecule has 0 spiro atoms. The van der Waals surface area contributed by atoms with Gasteiger partial charge in [0, 0.05) is 31.1 Å². The molecule has 0 unspecified atom stereocenters. The Bertz CT molecular complexity index is 354. The minimum atomic E-state index is -3.19. The predicted molar refractivity (Wildman–Crippen MR) is 78.2 cm³/mol. The van der Waals surface area contributed by atoms with Gasteiger partial charge in [0.15, 0.2) is 0 Å². The van der Waals surface area contributed by atoms with E-state index in [-0.39, 0.29) is 11.3 Å². The Morgan fingerprint density at radius 2 is 1.89 bits per heavy atom. The Hall–Kier alpha value is 0.120. The monoisotopic (exact) mass is 312 g/mol. The summed E-state index contributed by atoms with van der Waals surface area (Å²) < 4.78 is 31.7. The smallest absolute Gasteiger partial charge is 0.211 e. The van der Waals surface area contributed by atoms with Gasteiger partial charge < -0.3 is 4.74 Å². The first-order valence-corrected chi connectivity index (χ1v) is 8.92. The molecule has 0 aromatic rings. The van der Waals surface area contributed by atoms with E-state index >= 15 is 0 Å². The van der Waals surface area contributed by atoms with E-state index in [2.05, 4.69) is 23.5 Å². The van der Waals surface area contributed by atoms with Gasteiger partial charge in [-0.15, -0.1) is 11.6 Å². The number of unbranched alkanes of at least 4 members (excludes halogenated alkanes) is 1. The van der Waals surface area contributed by atoms with Crippen LogP contribution in [-0.4, -0.2) is 63.3 Å². The van der Waals surface area contributed by atoms with Crippen molar-refractivity contribution in [3.63, 3.8) is 0 Å². The van der Waals surface area contributed by atoms with Crippen molar-refractivity contribution in [2.24, 2.45) is 0 Å². The number of hydrogen-bond acceptors (Lipinski definition) is 4. The molecule has 1 saturated heterocycles. The maximum Gasteiger partial charge on any atom is 0.211 e. The molecular weight excluding hydrogens is 288 g/mol. The molecular formula is C12H25ClN2O3S. The predicted octanol–water partition coefficient (Wildman–Crippen LogP) is 1.04. The van der Waals surface area contributed by atoms with Crippen molar-refractivity contribution in [2.75, 3.05) is 44.5 Å². The molecule has 1 rings (SSSR count). The second-order valence-corrected chi connectivity index (χ2v) is 7.75. The van der Waals surface area contributed by atoms with Gasteiger partial charge in [0.1, 0.15) is 0 Å². The van der Waals surface area contributed by atoms with Crippen molar-refractivity contribution >= 4 is 21.6 Å². The van der Waals surface area contributed by atoms with E-state index in [1.807, 2.05) is 0 Å². The van der Waals surface area contributed by atoms with Crippen LogP contribution in [0.4, 0.5) is 0 Å².